The lowest BCUT2D eigenvalue weighted by Crippen LogP contribution is -2.58. The van der Waals surface area contributed by atoms with Gasteiger partial charge in [0.1, 0.15) is 11.6 Å². The molecule has 1 aromatic carbocycles. The number of nitrogens with one attached hydrogen (secondary N) is 3. The van der Waals surface area contributed by atoms with Gasteiger partial charge >= 0.3 is 0 Å². The van der Waals surface area contributed by atoms with Crippen molar-refractivity contribution in [1.29, 1.82) is 0 Å². The first-order valence-electron chi connectivity index (χ1n) is 8.95. The van der Waals surface area contributed by atoms with Gasteiger partial charge in [-0.2, -0.15) is 5.10 Å². The molecule has 1 saturated heterocycles. The molecule has 3 rings (SSSR count). The summed E-state index contributed by atoms with van der Waals surface area (Å²) in [6.45, 7) is 3.62. The molecule has 0 radical (unpaired) electrons. The predicted octanol–water partition coefficient (Wildman–Crippen LogP) is 1.20. The highest BCUT2D eigenvalue weighted by Crippen LogP contribution is 2.27. The van der Waals surface area contributed by atoms with Crippen LogP contribution in [0.2, 0.25) is 0 Å². The minimum absolute atomic E-state index is 0. The van der Waals surface area contributed by atoms with E-state index in [1.54, 1.807) is 17.8 Å². The lowest BCUT2D eigenvalue weighted by Gasteiger charge is -2.37. The fraction of sp³-hybridized carbons (Fsp3) is 0.421. The smallest absolute Gasteiger partial charge is 0.248 e. The number of carbonyl (C=O) groups excluding carboxylic acids is 2. The monoisotopic (exact) mass is 391 g/mol. The molecule has 0 spiro atoms. The van der Waals surface area contributed by atoms with E-state index in [1.807, 2.05) is 42.6 Å². The predicted molar refractivity (Wildman–Crippen MR) is 105 cm³/mol. The van der Waals surface area contributed by atoms with Crippen molar-refractivity contribution in [1.82, 2.24) is 25.7 Å². The van der Waals surface area contributed by atoms with E-state index >= 15 is 0 Å². The van der Waals surface area contributed by atoms with E-state index in [1.165, 1.54) is 0 Å². The molecule has 27 heavy (non-hydrogen) atoms. The van der Waals surface area contributed by atoms with Gasteiger partial charge in [0.05, 0.1) is 0 Å². The van der Waals surface area contributed by atoms with Gasteiger partial charge in [-0.25, -0.2) is 0 Å². The molecule has 7 nitrogen and oxygen atoms in total. The molecule has 1 aromatic heterocycles. The summed E-state index contributed by atoms with van der Waals surface area (Å²) in [4.78, 5) is 25.4. The van der Waals surface area contributed by atoms with Crippen molar-refractivity contribution in [2.45, 2.75) is 37.9 Å². The minimum Gasteiger partial charge on any atom is -0.350 e. The average molecular weight is 392 g/mol. The van der Waals surface area contributed by atoms with Crippen LogP contribution in [-0.4, -0.2) is 40.7 Å². The molecule has 2 heterocycles. The first kappa shape index (κ1) is 20.9. The Kier molecular flexibility index (Phi) is 7.38. The van der Waals surface area contributed by atoms with Crippen LogP contribution in [0, 0.1) is 0 Å². The molecule has 1 atom stereocenters. The maximum Gasteiger partial charge on any atom is 0.248 e. The third-order valence-corrected chi connectivity index (χ3v) is 4.85. The molecule has 1 unspecified atom stereocenters. The second-order valence-corrected chi connectivity index (χ2v) is 6.63. The fourth-order valence-corrected chi connectivity index (χ4v) is 3.26. The summed E-state index contributed by atoms with van der Waals surface area (Å²) in [5, 5.41) is 13.3. The highest BCUT2D eigenvalue weighted by atomic mass is 35.5. The Bertz CT molecular complexity index is 730. The third-order valence-electron chi connectivity index (χ3n) is 4.85. The lowest BCUT2D eigenvalue weighted by atomic mass is 9.87. The van der Waals surface area contributed by atoms with Crippen molar-refractivity contribution in [3.05, 3.63) is 54.4 Å². The summed E-state index contributed by atoms with van der Waals surface area (Å²) in [5.74, 6) is -0.364. The molecule has 0 aliphatic carbocycles. The highest BCUT2D eigenvalue weighted by molar-refractivity contribution is 5.90. The van der Waals surface area contributed by atoms with Gasteiger partial charge in [-0.1, -0.05) is 30.3 Å². The second-order valence-electron chi connectivity index (χ2n) is 6.63. The molecule has 2 amide bonds. The summed E-state index contributed by atoms with van der Waals surface area (Å²) in [7, 11) is 0. The molecule has 2 aromatic rings. The highest BCUT2D eigenvalue weighted by Gasteiger charge is 2.42. The standard InChI is InChI=1S/C19H25N5O2.ClH/c1-15(17(25)21-14-16-6-3-2-4-7-16)23-18(26)19(8-11-20-12-9-19)24-13-5-10-22-24;/h2-7,10,13,15,20H,8-9,11-12,14H2,1H3,(H,21,25)(H,23,26);1H. The van der Waals surface area contributed by atoms with Gasteiger partial charge in [-0.3, -0.25) is 14.3 Å². The number of halogens is 1. The molecule has 8 heteroatoms. The van der Waals surface area contributed by atoms with E-state index < -0.39 is 11.6 Å². The maximum absolute atomic E-state index is 13.0. The van der Waals surface area contributed by atoms with Crippen LogP contribution >= 0.6 is 12.4 Å². The summed E-state index contributed by atoms with van der Waals surface area (Å²) < 4.78 is 1.72. The molecule has 1 aliphatic heterocycles. The molecule has 0 bridgehead atoms. The Morgan fingerprint density at radius 3 is 2.56 bits per heavy atom. The van der Waals surface area contributed by atoms with E-state index in [0.717, 1.165) is 18.7 Å². The SMILES string of the molecule is CC(NC(=O)C1(n2cccn2)CCNCC1)C(=O)NCc1ccccc1.Cl. The number of rotatable bonds is 6. The zero-order valence-corrected chi connectivity index (χ0v) is 16.2. The van der Waals surface area contributed by atoms with Gasteiger partial charge in [0, 0.05) is 18.9 Å². The van der Waals surface area contributed by atoms with Crippen LogP contribution in [-0.2, 0) is 21.7 Å². The molecule has 3 N–H and O–H groups in total. The molecular weight excluding hydrogens is 366 g/mol. The normalized spacial score (nSPS) is 16.6. The number of piperidine rings is 1. The molecule has 1 fully saturated rings. The van der Waals surface area contributed by atoms with Crippen LogP contribution in [0.3, 0.4) is 0 Å². The summed E-state index contributed by atoms with van der Waals surface area (Å²) in [6.07, 6.45) is 4.76. The molecule has 146 valence electrons. The van der Waals surface area contributed by atoms with Gasteiger partial charge in [-0.15, -0.1) is 12.4 Å². The lowest BCUT2D eigenvalue weighted by molar-refractivity contribution is -0.135. The summed E-state index contributed by atoms with van der Waals surface area (Å²) in [6, 6.07) is 10.9. The minimum atomic E-state index is -0.747. The van der Waals surface area contributed by atoms with Crippen molar-refractivity contribution in [3.8, 4) is 0 Å². The Hall–Kier alpha value is -2.38. The Morgan fingerprint density at radius 2 is 1.93 bits per heavy atom. The Morgan fingerprint density at radius 1 is 1.22 bits per heavy atom. The van der Waals surface area contributed by atoms with E-state index in [9.17, 15) is 9.59 Å². The summed E-state index contributed by atoms with van der Waals surface area (Å²) in [5.41, 5.74) is 0.272. The number of carbonyl (C=O) groups is 2. The Labute approximate surface area is 165 Å². The van der Waals surface area contributed by atoms with Gasteiger partial charge in [0.2, 0.25) is 11.8 Å². The van der Waals surface area contributed by atoms with Crippen LogP contribution in [0.1, 0.15) is 25.3 Å². The number of aromatic nitrogens is 2. The fourth-order valence-electron chi connectivity index (χ4n) is 3.26. The molecular formula is C19H26ClN5O2. The van der Waals surface area contributed by atoms with Crippen LogP contribution in [0.5, 0.6) is 0 Å². The van der Waals surface area contributed by atoms with Gasteiger partial charge in [-0.05, 0) is 44.5 Å². The molecule has 0 saturated carbocycles. The largest absolute Gasteiger partial charge is 0.350 e. The topological polar surface area (TPSA) is 88.1 Å². The zero-order chi connectivity index (χ0) is 18.4. The van der Waals surface area contributed by atoms with Gasteiger partial charge in [0.15, 0.2) is 0 Å². The van der Waals surface area contributed by atoms with Crippen molar-refractivity contribution in [3.63, 3.8) is 0 Å². The average Bonchev–Trinajstić information content (AvgIpc) is 3.22. The first-order valence-corrected chi connectivity index (χ1v) is 8.95. The quantitative estimate of drug-likeness (QED) is 0.690. The number of hydrogen-bond acceptors (Lipinski definition) is 4. The van der Waals surface area contributed by atoms with Crippen molar-refractivity contribution in [2.75, 3.05) is 13.1 Å². The summed E-state index contributed by atoms with van der Waals surface area (Å²) >= 11 is 0. The number of benzene rings is 1. The van der Waals surface area contributed by atoms with E-state index in [0.29, 0.717) is 19.4 Å². The van der Waals surface area contributed by atoms with E-state index in [-0.39, 0.29) is 24.2 Å². The zero-order valence-electron chi connectivity index (χ0n) is 15.4. The van der Waals surface area contributed by atoms with Gasteiger partial charge in [0.25, 0.3) is 0 Å². The van der Waals surface area contributed by atoms with Crippen LogP contribution in [0.4, 0.5) is 0 Å². The number of amides is 2. The maximum atomic E-state index is 13.0. The van der Waals surface area contributed by atoms with Gasteiger partial charge < -0.3 is 16.0 Å². The number of nitrogens with zero attached hydrogens (tertiary/aromatic N) is 2. The second kappa shape index (κ2) is 9.53. The number of hydrogen-bond donors (Lipinski definition) is 3. The van der Waals surface area contributed by atoms with Crippen molar-refractivity contribution in [2.24, 2.45) is 0 Å². The molecule has 1 aliphatic rings. The van der Waals surface area contributed by atoms with Crippen molar-refractivity contribution >= 4 is 24.2 Å². The van der Waals surface area contributed by atoms with E-state index in [2.05, 4.69) is 21.0 Å². The van der Waals surface area contributed by atoms with Crippen LogP contribution in [0.15, 0.2) is 48.8 Å². The van der Waals surface area contributed by atoms with Crippen LogP contribution < -0.4 is 16.0 Å². The third kappa shape index (κ3) is 4.87. The first-order chi connectivity index (χ1) is 12.6. The van der Waals surface area contributed by atoms with Crippen LogP contribution in [0.25, 0.3) is 0 Å². The van der Waals surface area contributed by atoms with E-state index in [4.69, 9.17) is 0 Å². The Balaban J connectivity index is 0.00000261. The van der Waals surface area contributed by atoms with Crippen molar-refractivity contribution < 1.29 is 9.59 Å².